The molecule has 0 amide bonds. The fourth-order valence-corrected chi connectivity index (χ4v) is 2.62. The van der Waals surface area contributed by atoms with Gasteiger partial charge in [-0.15, -0.1) is 0 Å². The topological polar surface area (TPSA) is 78.9 Å². The molecule has 1 aromatic rings. The maximum Gasteiger partial charge on any atom is 0.508 e. The number of hydrogen-bond acceptors (Lipinski definition) is 6. The van der Waals surface area contributed by atoms with E-state index in [4.69, 9.17) is 44.3 Å². The standard InChI is InChI=1S/C17H15Cl3O6/c1-9(26-16(23)25-8-17(18,19)20)6-10-7-12(21)14-11(15(10)22)4-3-5-13(14)24-2/h3-5,7,9H,6,8H2,1-2H3/t9-/m0/s1. The summed E-state index contributed by atoms with van der Waals surface area (Å²) in [5.41, 5.74) is 0.690. The first-order valence-corrected chi connectivity index (χ1v) is 8.62. The molecule has 0 saturated carbocycles. The van der Waals surface area contributed by atoms with Crippen molar-refractivity contribution in [1.29, 1.82) is 0 Å². The number of ether oxygens (including phenoxy) is 3. The Morgan fingerprint density at radius 3 is 2.54 bits per heavy atom. The summed E-state index contributed by atoms with van der Waals surface area (Å²) in [6.07, 6.45) is -0.516. The summed E-state index contributed by atoms with van der Waals surface area (Å²) in [7, 11) is 1.42. The number of hydrogen-bond donors (Lipinski definition) is 0. The van der Waals surface area contributed by atoms with Gasteiger partial charge in [0.05, 0.1) is 12.7 Å². The van der Waals surface area contributed by atoms with Crippen molar-refractivity contribution in [2.75, 3.05) is 13.7 Å². The molecule has 1 aliphatic rings. The van der Waals surface area contributed by atoms with Crippen molar-refractivity contribution in [1.82, 2.24) is 0 Å². The summed E-state index contributed by atoms with van der Waals surface area (Å²) in [6, 6.07) is 4.78. The predicted octanol–water partition coefficient (Wildman–Crippen LogP) is 4.30. The van der Waals surface area contributed by atoms with E-state index in [0.717, 1.165) is 0 Å². The summed E-state index contributed by atoms with van der Waals surface area (Å²) in [5, 5.41) is 0. The van der Waals surface area contributed by atoms with E-state index in [1.165, 1.54) is 13.2 Å². The summed E-state index contributed by atoms with van der Waals surface area (Å²) >= 11 is 16.4. The van der Waals surface area contributed by atoms with E-state index >= 15 is 0 Å². The van der Waals surface area contributed by atoms with E-state index in [1.807, 2.05) is 0 Å². The van der Waals surface area contributed by atoms with Crippen LogP contribution < -0.4 is 4.74 Å². The van der Waals surface area contributed by atoms with Gasteiger partial charge in [-0.2, -0.15) is 0 Å². The van der Waals surface area contributed by atoms with Gasteiger partial charge in [-0.3, -0.25) is 9.59 Å². The van der Waals surface area contributed by atoms with Crippen LogP contribution in [0.1, 0.15) is 34.1 Å². The van der Waals surface area contributed by atoms with Crippen LogP contribution in [-0.2, 0) is 9.47 Å². The third kappa shape index (κ3) is 5.13. The van der Waals surface area contributed by atoms with Gasteiger partial charge in [0.2, 0.25) is 3.79 Å². The highest BCUT2D eigenvalue weighted by Crippen LogP contribution is 2.31. The molecule has 0 unspecified atom stereocenters. The second kappa shape index (κ2) is 8.29. The minimum atomic E-state index is -1.75. The number of halogens is 3. The molecule has 1 aromatic carbocycles. The van der Waals surface area contributed by atoms with Gasteiger partial charge in [-0.25, -0.2) is 4.79 Å². The molecule has 1 aliphatic carbocycles. The van der Waals surface area contributed by atoms with Gasteiger partial charge in [-0.1, -0.05) is 46.9 Å². The van der Waals surface area contributed by atoms with Crippen LogP contribution in [0.2, 0.25) is 0 Å². The first-order chi connectivity index (χ1) is 12.1. The lowest BCUT2D eigenvalue weighted by Gasteiger charge is -2.20. The molecular formula is C17H15Cl3O6. The van der Waals surface area contributed by atoms with E-state index in [-0.39, 0.29) is 34.7 Å². The van der Waals surface area contributed by atoms with Crippen molar-refractivity contribution in [2.24, 2.45) is 0 Å². The predicted molar refractivity (Wildman–Crippen MR) is 96.5 cm³/mol. The second-order valence-corrected chi connectivity index (χ2v) is 8.05. The van der Waals surface area contributed by atoms with Gasteiger partial charge in [0.1, 0.15) is 18.5 Å². The smallest absolute Gasteiger partial charge is 0.496 e. The van der Waals surface area contributed by atoms with E-state index in [9.17, 15) is 14.4 Å². The third-order valence-electron chi connectivity index (χ3n) is 3.49. The van der Waals surface area contributed by atoms with Gasteiger partial charge in [0.15, 0.2) is 11.6 Å². The Labute approximate surface area is 164 Å². The molecule has 2 rings (SSSR count). The summed E-state index contributed by atoms with van der Waals surface area (Å²) < 4.78 is 13.0. The maximum atomic E-state index is 12.6. The van der Waals surface area contributed by atoms with Gasteiger partial charge in [0.25, 0.3) is 0 Å². The zero-order chi connectivity index (χ0) is 19.5. The molecule has 0 bridgehead atoms. The third-order valence-corrected chi connectivity index (χ3v) is 3.82. The Morgan fingerprint density at radius 2 is 1.92 bits per heavy atom. The lowest BCUT2D eigenvalue weighted by atomic mass is 9.87. The highest BCUT2D eigenvalue weighted by molar-refractivity contribution is 6.67. The Morgan fingerprint density at radius 1 is 1.23 bits per heavy atom. The van der Waals surface area contributed by atoms with E-state index < -0.39 is 22.7 Å². The maximum absolute atomic E-state index is 12.6. The molecule has 0 spiro atoms. The molecule has 0 aliphatic heterocycles. The Hall–Kier alpha value is -1.76. The zero-order valence-corrected chi connectivity index (χ0v) is 16.2. The number of fused-ring (bicyclic) bond motifs is 1. The molecule has 0 fully saturated rings. The largest absolute Gasteiger partial charge is 0.508 e. The molecule has 0 heterocycles. The fraction of sp³-hybridized carbons (Fsp3) is 0.353. The second-order valence-electron chi connectivity index (χ2n) is 5.53. The first kappa shape index (κ1) is 20.6. The molecule has 1 atom stereocenters. The highest BCUT2D eigenvalue weighted by Gasteiger charge is 2.30. The molecule has 0 aromatic heterocycles. The van der Waals surface area contributed by atoms with Crippen LogP contribution in [0.25, 0.3) is 0 Å². The quantitative estimate of drug-likeness (QED) is 0.521. The zero-order valence-electron chi connectivity index (χ0n) is 13.9. The SMILES string of the molecule is COc1cccc2c1C(=O)C=C(C[C@H](C)OC(=O)OCC(Cl)(Cl)Cl)C2=O. The summed E-state index contributed by atoms with van der Waals surface area (Å²) in [6.45, 7) is 1.08. The molecular weight excluding hydrogens is 407 g/mol. The van der Waals surface area contributed by atoms with Crippen molar-refractivity contribution < 1.29 is 28.6 Å². The van der Waals surface area contributed by atoms with Crippen molar-refractivity contribution >= 4 is 52.5 Å². The van der Waals surface area contributed by atoms with Crippen LogP contribution in [-0.4, -0.2) is 41.3 Å². The molecule has 0 N–H and O–H groups in total. The average molecular weight is 422 g/mol. The molecule has 9 heteroatoms. The minimum absolute atomic E-state index is 0.0318. The molecule has 0 radical (unpaired) electrons. The van der Waals surface area contributed by atoms with Crippen LogP contribution in [0.5, 0.6) is 5.75 Å². The number of carbonyl (C=O) groups excluding carboxylic acids is 3. The van der Waals surface area contributed by atoms with Gasteiger partial charge < -0.3 is 14.2 Å². The van der Waals surface area contributed by atoms with E-state index in [0.29, 0.717) is 5.75 Å². The van der Waals surface area contributed by atoms with Crippen LogP contribution in [0.3, 0.4) is 0 Å². The number of ketones is 2. The number of rotatable bonds is 5. The number of benzene rings is 1. The number of alkyl halides is 3. The number of allylic oxidation sites excluding steroid dienone is 1. The molecule has 140 valence electrons. The van der Waals surface area contributed by atoms with Gasteiger partial charge in [0, 0.05) is 17.6 Å². The van der Waals surface area contributed by atoms with Gasteiger partial charge >= 0.3 is 6.16 Å². The monoisotopic (exact) mass is 420 g/mol. The minimum Gasteiger partial charge on any atom is -0.496 e. The Kier molecular flexibility index (Phi) is 6.55. The fourth-order valence-electron chi connectivity index (χ4n) is 2.46. The van der Waals surface area contributed by atoms with E-state index in [2.05, 4.69) is 4.74 Å². The van der Waals surface area contributed by atoms with Crippen molar-refractivity contribution in [3.05, 3.63) is 41.0 Å². The van der Waals surface area contributed by atoms with E-state index in [1.54, 1.807) is 25.1 Å². The number of methoxy groups -OCH3 is 1. The highest BCUT2D eigenvalue weighted by atomic mass is 35.6. The average Bonchev–Trinajstić information content (AvgIpc) is 2.56. The van der Waals surface area contributed by atoms with Crippen LogP contribution in [0, 0.1) is 0 Å². The Balaban J connectivity index is 2.05. The van der Waals surface area contributed by atoms with Crippen LogP contribution in [0.15, 0.2) is 29.8 Å². The Bertz CT molecular complexity index is 766. The van der Waals surface area contributed by atoms with Crippen molar-refractivity contribution in [2.45, 2.75) is 23.2 Å². The lowest BCUT2D eigenvalue weighted by Crippen LogP contribution is -2.24. The van der Waals surface area contributed by atoms with Crippen LogP contribution >= 0.6 is 34.8 Å². The van der Waals surface area contributed by atoms with Gasteiger partial charge in [-0.05, 0) is 19.1 Å². The number of Topliss-reactive ketones (excluding diaryl/α,β-unsaturated/α-hetero) is 1. The molecule has 26 heavy (non-hydrogen) atoms. The van der Waals surface area contributed by atoms with Crippen molar-refractivity contribution in [3.8, 4) is 5.75 Å². The lowest BCUT2D eigenvalue weighted by molar-refractivity contribution is 0.0301. The number of carbonyl (C=O) groups is 3. The normalized spacial score (nSPS) is 15.0. The summed E-state index contributed by atoms with van der Waals surface area (Å²) in [4.78, 5) is 36.5. The van der Waals surface area contributed by atoms with Crippen molar-refractivity contribution in [3.63, 3.8) is 0 Å². The van der Waals surface area contributed by atoms with Crippen LogP contribution in [0.4, 0.5) is 4.79 Å². The first-order valence-electron chi connectivity index (χ1n) is 7.49. The molecule has 6 nitrogen and oxygen atoms in total. The molecule has 0 saturated heterocycles. The summed E-state index contributed by atoms with van der Waals surface area (Å²) in [5.74, 6) is -0.350.